The third-order valence-corrected chi connectivity index (χ3v) is 3.54. The van der Waals surface area contributed by atoms with Crippen LogP contribution in [-0.2, 0) is 4.79 Å². The molecule has 7 heteroatoms. The molecular weight excluding hydrogens is 270 g/mol. The second-order valence-corrected chi connectivity index (χ2v) is 4.77. The molecule has 1 amide bonds. The molecule has 1 atom stereocenters. The van der Waals surface area contributed by atoms with E-state index in [1.165, 1.54) is 23.1 Å². The fourth-order valence-corrected chi connectivity index (χ4v) is 2.42. The number of piperidine rings is 1. The van der Waals surface area contributed by atoms with Gasteiger partial charge in [-0.25, -0.2) is 0 Å². The first-order valence-corrected chi connectivity index (χ1v) is 6.35. The maximum atomic E-state index is 12.2. The number of likely N-dealkylation sites (N-methyl/N-ethyl adjacent to an activating group) is 1. The average molecular weight is 284 g/mol. The number of nitrogens with zero attached hydrogens (tertiary/aromatic N) is 2. The van der Waals surface area contributed by atoms with Crippen molar-refractivity contribution in [1.29, 1.82) is 0 Å². The van der Waals surface area contributed by atoms with E-state index in [1.54, 1.807) is 7.05 Å². The van der Waals surface area contributed by atoms with Crippen molar-refractivity contribution >= 4 is 28.9 Å². The molecule has 0 radical (unpaired) electrons. The molecular formula is C12H14ClN3O3. The Morgan fingerprint density at radius 2 is 2.26 bits per heavy atom. The van der Waals surface area contributed by atoms with Crippen LogP contribution in [0.4, 0.5) is 11.4 Å². The van der Waals surface area contributed by atoms with Gasteiger partial charge in [0.25, 0.3) is 5.69 Å². The van der Waals surface area contributed by atoms with Crippen LogP contribution >= 0.6 is 11.6 Å². The maximum Gasteiger partial charge on any atom is 0.271 e. The molecule has 0 saturated carbocycles. The molecule has 1 saturated heterocycles. The van der Waals surface area contributed by atoms with Crippen LogP contribution in [-0.4, -0.2) is 30.5 Å². The van der Waals surface area contributed by atoms with Crippen LogP contribution in [0.2, 0.25) is 5.02 Å². The van der Waals surface area contributed by atoms with Gasteiger partial charge in [0, 0.05) is 18.7 Å². The Hall–Kier alpha value is -1.66. The largest absolute Gasteiger partial charge is 0.309 e. The van der Waals surface area contributed by atoms with Gasteiger partial charge in [-0.05, 0) is 26.0 Å². The van der Waals surface area contributed by atoms with Gasteiger partial charge in [-0.2, -0.15) is 0 Å². The second-order valence-electron chi connectivity index (χ2n) is 4.37. The molecule has 102 valence electrons. The minimum absolute atomic E-state index is 0.0706. The van der Waals surface area contributed by atoms with Crippen LogP contribution in [0.25, 0.3) is 0 Å². The van der Waals surface area contributed by atoms with Crippen LogP contribution in [0.5, 0.6) is 0 Å². The fourth-order valence-electron chi connectivity index (χ4n) is 2.20. The standard InChI is InChI=1S/C12H14ClN3O3/c1-14-10-3-2-6-15(12(10)17)11-7-8(16(18)19)4-5-9(11)13/h4-5,7,10,14H,2-3,6H2,1H3. The minimum atomic E-state index is -0.496. The highest BCUT2D eigenvalue weighted by Crippen LogP contribution is 2.32. The zero-order valence-electron chi connectivity index (χ0n) is 10.4. The molecule has 0 bridgehead atoms. The summed E-state index contributed by atoms with van der Waals surface area (Å²) in [6.07, 6.45) is 1.59. The van der Waals surface area contributed by atoms with E-state index in [2.05, 4.69) is 5.32 Å². The van der Waals surface area contributed by atoms with Gasteiger partial charge in [0.2, 0.25) is 5.91 Å². The van der Waals surface area contributed by atoms with Crippen molar-refractivity contribution < 1.29 is 9.72 Å². The van der Waals surface area contributed by atoms with Crippen molar-refractivity contribution in [2.75, 3.05) is 18.5 Å². The van der Waals surface area contributed by atoms with Gasteiger partial charge in [-0.3, -0.25) is 14.9 Å². The lowest BCUT2D eigenvalue weighted by Gasteiger charge is -2.32. The lowest BCUT2D eigenvalue weighted by molar-refractivity contribution is -0.384. The van der Waals surface area contributed by atoms with Gasteiger partial charge >= 0.3 is 0 Å². The number of rotatable bonds is 3. The second kappa shape index (κ2) is 5.54. The number of anilines is 1. The monoisotopic (exact) mass is 283 g/mol. The van der Waals surface area contributed by atoms with Crippen LogP contribution < -0.4 is 10.2 Å². The van der Waals surface area contributed by atoms with E-state index in [1.807, 2.05) is 0 Å². The highest BCUT2D eigenvalue weighted by Gasteiger charge is 2.30. The smallest absolute Gasteiger partial charge is 0.271 e. The molecule has 6 nitrogen and oxygen atoms in total. The normalized spacial score (nSPS) is 19.6. The lowest BCUT2D eigenvalue weighted by atomic mass is 10.0. The van der Waals surface area contributed by atoms with Crippen LogP contribution in [0, 0.1) is 10.1 Å². The minimum Gasteiger partial charge on any atom is -0.309 e. The molecule has 1 aliphatic rings. The van der Waals surface area contributed by atoms with Crippen molar-refractivity contribution in [1.82, 2.24) is 5.32 Å². The first-order chi connectivity index (χ1) is 9.04. The average Bonchev–Trinajstić information content (AvgIpc) is 2.39. The van der Waals surface area contributed by atoms with Crippen LogP contribution in [0.1, 0.15) is 12.8 Å². The SMILES string of the molecule is CNC1CCCN(c2cc([N+](=O)[O-])ccc2Cl)C1=O. The molecule has 1 fully saturated rings. The van der Waals surface area contributed by atoms with Gasteiger partial charge in [0.05, 0.1) is 21.7 Å². The predicted octanol–water partition coefficient (Wildman–Crippen LogP) is 1.96. The topological polar surface area (TPSA) is 75.5 Å². The molecule has 0 aromatic heterocycles. The summed E-state index contributed by atoms with van der Waals surface area (Å²) in [4.78, 5) is 24.0. The van der Waals surface area contributed by atoms with E-state index < -0.39 is 4.92 Å². The molecule has 1 N–H and O–H groups in total. The van der Waals surface area contributed by atoms with Crippen molar-refractivity contribution in [3.63, 3.8) is 0 Å². The summed E-state index contributed by atoms with van der Waals surface area (Å²) in [7, 11) is 1.72. The molecule has 1 aromatic carbocycles. The van der Waals surface area contributed by atoms with E-state index in [-0.39, 0.29) is 17.6 Å². The molecule has 19 heavy (non-hydrogen) atoms. The van der Waals surface area contributed by atoms with E-state index in [4.69, 9.17) is 11.6 Å². The van der Waals surface area contributed by atoms with Crippen molar-refractivity contribution in [3.05, 3.63) is 33.3 Å². The number of benzene rings is 1. The molecule has 2 rings (SSSR count). The molecule has 1 heterocycles. The number of carbonyl (C=O) groups excluding carboxylic acids is 1. The molecule has 1 unspecified atom stereocenters. The van der Waals surface area contributed by atoms with E-state index >= 15 is 0 Å². The summed E-state index contributed by atoms with van der Waals surface area (Å²) in [5.41, 5.74) is 0.333. The molecule has 0 aliphatic carbocycles. The van der Waals surface area contributed by atoms with E-state index in [9.17, 15) is 14.9 Å². The number of carbonyl (C=O) groups is 1. The zero-order chi connectivity index (χ0) is 14.0. The lowest BCUT2D eigenvalue weighted by Crippen LogP contribution is -2.49. The number of hydrogen-bond donors (Lipinski definition) is 1. The first-order valence-electron chi connectivity index (χ1n) is 5.97. The Kier molecular flexibility index (Phi) is 4.01. The maximum absolute atomic E-state index is 12.2. The number of nitrogens with one attached hydrogen (secondary N) is 1. The van der Waals surface area contributed by atoms with Gasteiger partial charge in [0.1, 0.15) is 0 Å². The Labute approximate surface area is 115 Å². The summed E-state index contributed by atoms with van der Waals surface area (Å²) in [5, 5.41) is 14.1. The quantitative estimate of drug-likeness (QED) is 0.680. The van der Waals surface area contributed by atoms with Crippen molar-refractivity contribution in [2.45, 2.75) is 18.9 Å². The number of nitro groups is 1. The molecule has 1 aliphatic heterocycles. The zero-order valence-corrected chi connectivity index (χ0v) is 11.2. The summed E-state index contributed by atoms with van der Waals surface area (Å²) >= 11 is 6.05. The fraction of sp³-hybridized carbons (Fsp3) is 0.417. The summed E-state index contributed by atoms with van der Waals surface area (Å²) in [5.74, 6) is -0.101. The van der Waals surface area contributed by atoms with E-state index in [0.29, 0.717) is 17.3 Å². The van der Waals surface area contributed by atoms with Gasteiger partial charge in [-0.1, -0.05) is 11.6 Å². The highest BCUT2D eigenvalue weighted by atomic mass is 35.5. The number of hydrogen-bond acceptors (Lipinski definition) is 4. The number of nitro benzene ring substituents is 1. The number of amides is 1. The van der Waals surface area contributed by atoms with Crippen molar-refractivity contribution in [2.24, 2.45) is 0 Å². The number of halogens is 1. The van der Waals surface area contributed by atoms with Gasteiger partial charge in [-0.15, -0.1) is 0 Å². The third-order valence-electron chi connectivity index (χ3n) is 3.22. The Morgan fingerprint density at radius 3 is 2.89 bits per heavy atom. The molecule has 1 aromatic rings. The van der Waals surface area contributed by atoms with Crippen molar-refractivity contribution in [3.8, 4) is 0 Å². The van der Waals surface area contributed by atoms with E-state index in [0.717, 1.165) is 12.8 Å². The van der Waals surface area contributed by atoms with Crippen LogP contribution in [0.15, 0.2) is 18.2 Å². The van der Waals surface area contributed by atoms with Gasteiger partial charge in [0.15, 0.2) is 0 Å². The Bertz CT molecular complexity index is 521. The van der Waals surface area contributed by atoms with Crippen LogP contribution in [0.3, 0.4) is 0 Å². The Balaban J connectivity index is 2.37. The Morgan fingerprint density at radius 1 is 1.53 bits per heavy atom. The summed E-state index contributed by atoms with van der Waals surface area (Å²) in [6, 6.07) is 3.86. The third kappa shape index (κ3) is 2.69. The number of non-ortho nitro benzene ring substituents is 1. The van der Waals surface area contributed by atoms with Gasteiger partial charge < -0.3 is 10.2 Å². The summed E-state index contributed by atoms with van der Waals surface area (Å²) < 4.78 is 0. The summed E-state index contributed by atoms with van der Waals surface area (Å²) in [6.45, 7) is 0.526. The predicted molar refractivity (Wildman–Crippen MR) is 72.5 cm³/mol. The first kappa shape index (κ1) is 13.8. The highest BCUT2D eigenvalue weighted by molar-refractivity contribution is 6.34. The molecule has 0 spiro atoms.